The lowest BCUT2D eigenvalue weighted by Crippen LogP contribution is -2.60. The van der Waals surface area contributed by atoms with Crippen LogP contribution in [-0.2, 0) is 14.3 Å². The zero-order valence-electron chi connectivity index (χ0n) is 32.4. The van der Waals surface area contributed by atoms with E-state index in [2.05, 4.69) is 12.2 Å². The van der Waals surface area contributed by atoms with Crippen molar-refractivity contribution in [3.63, 3.8) is 0 Å². The summed E-state index contributed by atoms with van der Waals surface area (Å²) in [6, 6.07) is -0.708. The van der Waals surface area contributed by atoms with Crippen molar-refractivity contribution in [3.8, 4) is 0 Å². The number of hydrogen-bond donors (Lipinski definition) is 6. The van der Waals surface area contributed by atoms with Gasteiger partial charge in [-0.15, -0.1) is 0 Å². The summed E-state index contributed by atoms with van der Waals surface area (Å²) in [5.74, 6) is -0.195. The maximum Gasteiger partial charge on any atom is 0.220 e. The van der Waals surface area contributed by atoms with E-state index >= 15 is 0 Å². The molecular formula is C41H81NO8. The fraction of sp³-hybridized carbons (Fsp3) is 0.976. The number of hydrogen-bond acceptors (Lipinski definition) is 8. The molecule has 0 radical (unpaired) electrons. The minimum absolute atomic E-state index is 0.140. The molecule has 9 heteroatoms. The molecule has 0 aromatic heterocycles. The summed E-state index contributed by atoms with van der Waals surface area (Å²) in [7, 11) is 0. The predicted octanol–water partition coefficient (Wildman–Crippen LogP) is 8.00. The Hall–Kier alpha value is -0.810. The number of amides is 1. The average Bonchev–Trinajstić information content (AvgIpc) is 3.11. The number of ether oxygens (including phenoxy) is 2. The monoisotopic (exact) mass is 716 g/mol. The summed E-state index contributed by atoms with van der Waals surface area (Å²) >= 11 is 0. The van der Waals surface area contributed by atoms with Gasteiger partial charge in [0.2, 0.25) is 5.91 Å². The van der Waals surface area contributed by atoms with Crippen molar-refractivity contribution in [1.29, 1.82) is 0 Å². The molecule has 50 heavy (non-hydrogen) atoms. The van der Waals surface area contributed by atoms with Gasteiger partial charge in [0.05, 0.1) is 25.4 Å². The van der Waals surface area contributed by atoms with E-state index in [4.69, 9.17) is 9.47 Å². The van der Waals surface area contributed by atoms with E-state index in [9.17, 15) is 30.3 Å². The molecule has 0 aliphatic carbocycles. The first-order valence-corrected chi connectivity index (χ1v) is 21.2. The normalized spacial score (nSPS) is 22.1. The Bertz CT molecular complexity index is 756. The highest BCUT2D eigenvalue weighted by atomic mass is 16.7. The number of aliphatic hydroxyl groups is 5. The highest BCUT2D eigenvalue weighted by molar-refractivity contribution is 5.76. The Morgan fingerprint density at radius 3 is 1.38 bits per heavy atom. The fourth-order valence-corrected chi connectivity index (χ4v) is 7.03. The van der Waals surface area contributed by atoms with Gasteiger partial charge in [0.25, 0.3) is 0 Å². The quantitative estimate of drug-likeness (QED) is 0.0362. The molecule has 0 spiro atoms. The number of aliphatic hydroxyl groups excluding tert-OH is 5. The van der Waals surface area contributed by atoms with Crippen LogP contribution in [0.25, 0.3) is 0 Å². The Balaban J connectivity index is 2.00. The topological polar surface area (TPSA) is 149 Å². The van der Waals surface area contributed by atoms with Crippen molar-refractivity contribution in [2.45, 2.75) is 243 Å². The third kappa shape index (κ3) is 23.7. The summed E-state index contributed by atoms with van der Waals surface area (Å²) in [6.07, 6.45) is 28.7. The van der Waals surface area contributed by atoms with E-state index in [1.807, 2.05) is 6.92 Å². The molecule has 1 rings (SSSR count). The van der Waals surface area contributed by atoms with Crippen molar-refractivity contribution in [2.24, 2.45) is 0 Å². The minimum Gasteiger partial charge on any atom is -0.394 e. The van der Waals surface area contributed by atoms with Gasteiger partial charge in [-0.25, -0.2) is 0 Å². The minimum atomic E-state index is -1.54. The van der Waals surface area contributed by atoms with Gasteiger partial charge in [-0.2, -0.15) is 0 Å². The van der Waals surface area contributed by atoms with Crippen molar-refractivity contribution >= 4 is 5.91 Å². The maximum absolute atomic E-state index is 12.3. The molecule has 0 saturated carbocycles. The molecule has 7 unspecified atom stereocenters. The van der Waals surface area contributed by atoms with Crippen LogP contribution in [0.4, 0.5) is 0 Å². The molecule has 0 aromatic rings. The molecule has 1 aliphatic heterocycles. The molecule has 1 heterocycles. The van der Waals surface area contributed by atoms with Crippen LogP contribution in [-0.4, -0.2) is 87.5 Å². The van der Waals surface area contributed by atoms with Gasteiger partial charge in [0.15, 0.2) is 6.29 Å². The Kier molecular flexibility index (Phi) is 31.0. The summed E-state index contributed by atoms with van der Waals surface area (Å²) in [6.45, 7) is 3.50. The van der Waals surface area contributed by atoms with Crippen LogP contribution in [0.15, 0.2) is 0 Å². The van der Waals surface area contributed by atoms with Gasteiger partial charge in [0, 0.05) is 6.42 Å². The van der Waals surface area contributed by atoms with Gasteiger partial charge >= 0.3 is 0 Å². The van der Waals surface area contributed by atoms with Crippen LogP contribution in [0.2, 0.25) is 0 Å². The van der Waals surface area contributed by atoms with Crippen molar-refractivity contribution in [3.05, 3.63) is 0 Å². The van der Waals surface area contributed by atoms with Crippen LogP contribution < -0.4 is 5.32 Å². The standard InChI is InChI=1S/C41H81NO8/c1-3-5-6-7-8-9-10-11-12-13-14-15-16-17-18-19-20-21-22-23-24-25-26-27-28-29-31-35(44)34(42-37(45)30-4-2)33-49-41-40(48)39(47)38(46)36(32-43)50-41/h34-36,38-41,43-44,46-48H,3-33H2,1-2H3,(H,42,45). The first-order valence-electron chi connectivity index (χ1n) is 21.2. The second-order valence-electron chi connectivity index (χ2n) is 15.1. The van der Waals surface area contributed by atoms with E-state index in [0.29, 0.717) is 19.3 Å². The average molecular weight is 716 g/mol. The highest BCUT2D eigenvalue weighted by Crippen LogP contribution is 2.23. The SMILES string of the molecule is CCCCCCCCCCCCCCCCCCCCCCCCCCCCC(O)C(COC1OC(CO)C(O)C(O)C1O)NC(=O)CCC. The number of unbranched alkanes of at least 4 members (excludes halogenated alkanes) is 25. The van der Waals surface area contributed by atoms with Gasteiger partial charge < -0.3 is 40.3 Å². The van der Waals surface area contributed by atoms with Gasteiger partial charge in [-0.05, 0) is 12.8 Å². The highest BCUT2D eigenvalue weighted by Gasteiger charge is 2.44. The number of carbonyl (C=O) groups excluding carboxylic acids is 1. The molecule has 1 amide bonds. The smallest absolute Gasteiger partial charge is 0.220 e. The first-order chi connectivity index (χ1) is 24.3. The zero-order valence-corrected chi connectivity index (χ0v) is 32.4. The van der Waals surface area contributed by atoms with Crippen molar-refractivity contribution in [1.82, 2.24) is 5.32 Å². The number of rotatable bonds is 35. The number of nitrogens with one attached hydrogen (secondary N) is 1. The second kappa shape index (κ2) is 32.8. The molecule has 1 aliphatic rings. The largest absolute Gasteiger partial charge is 0.394 e. The summed E-state index contributed by atoms with van der Waals surface area (Å²) in [5, 5.41) is 53.4. The lowest BCUT2D eigenvalue weighted by atomic mass is 9.99. The van der Waals surface area contributed by atoms with Crippen LogP contribution in [0.1, 0.15) is 200 Å². The maximum atomic E-state index is 12.3. The third-order valence-corrected chi connectivity index (χ3v) is 10.4. The first kappa shape index (κ1) is 47.2. The van der Waals surface area contributed by atoms with E-state index < -0.39 is 49.5 Å². The van der Waals surface area contributed by atoms with E-state index in [1.54, 1.807) is 0 Å². The third-order valence-electron chi connectivity index (χ3n) is 10.4. The summed E-state index contributed by atoms with van der Waals surface area (Å²) in [4.78, 5) is 12.3. The molecule has 1 saturated heterocycles. The van der Waals surface area contributed by atoms with Crippen molar-refractivity contribution in [2.75, 3.05) is 13.2 Å². The van der Waals surface area contributed by atoms with Gasteiger partial charge in [-0.1, -0.05) is 181 Å². The summed E-state index contributed by atoms with van der Waals surface area (Å²) < 4.78 is 11.0. The Morgan fingerprint density at radius 2 is 1.00 bits per heavy atom. The fourth-order valence-electron chi connectivity index (χ4n) is 7.03. The number of carbonyl (C=O) groups is 1. The predicted molar refractivity (Wildman–Crippen MR) is 203 cm³/mol. The lowest BCUT2D eigenvalue weighted by Gasteiger charge is -2.40. The molecular weight excluding hydrogens is 634 g/mol. The molecule has 0 aromatic carbocycles. The zero-order chi connectivity index (χ0) is 36.7. The van der Waals surface area contributed by atoms with Crippen LogP contribution in [0, 0.1) is 0 Å². The molecule has 9 nitrogen and oxygen atoms in total. The van der Waals surface area contributed by atoms with Crippen molar-refractivity contribution < 1.29 is 39.8 Å². The van der Waals surface area contributed by atoms with Crippen LogP contribution in [0.5, 0.6) is 0 Å². The van der Waals surface area contributed by atoms with Gasteiger partial charge in [-0.3, -0.25) is 4.79 Å². The van der Waals surface area contributed by atoms with E-state index in [1.165, 1.54) is 148 Å². The summed E-state index contributed by atoms with van der Waals surface area (Å²) in [5.41, 5.74) is 0. The lowest BCUT2D eigenvalue weighted by molar-refractivity contribution is -0.302. The van der Waals surface area contributed by atoms with E-state index in [-0.39, 0.29) is 12.5 Å². The molecule has 1 fully saturated rings. The molecule has 6 N–H and O–H groups in total. The van der Waals surface area contributed by atoms with Crippen LogP contribution in [0.3, 0.4) is 0 Å². The Morgan fingerprint density at radius 1 is 0.600 bits per heavy atom. The van der Waals surface area contributed by atoms with E-state index in [0.717, 1.165) is 19.3 Å². The molecule has 7 atom stereocenters. The van der Waals surface area contributed by atoms with Crippen LogP contribution >= 0.6 is 0 Å². The Labute approximate surface area is 306 Å². The molecule has 298 valence electrons. The molecule has 0 bridgehead atoms. The van der Waals surface area contributed by atoms with Gasteiger partial charge in [0.1, 0.15) is 24.4 Å². The second-order valence-corrected chi connectivity index (χ2v) is 15.1.